The summed E-state index contributed by atoms with van der Waals surface area (Å²) in [6.07, 6.45) is 1.53. The lowest BCUT2D eigenvalue weighted by molar-refractivity contribution is 0.0317. The van der Waals surface area contributed by atoms with Crippen molar-refractivity contribution in [3.05, 3.63) is 53.6 Å². The van der Waals surface area contributed by atoms with Gasteiger partial charge < -0.3 is 14.2 Å². The van der Waals surface area contributed by atoms with Crippen molar-refractivity contribution in [3.63, 3.8) is 0 Å². The SMILES string of the molecule is COc1ccc(C(=O)[C@@H](C)OC(=O)c2cccc(S(=O)(=O)N3CCCCC3)c2)c(OC)c1. The van der Waals surface area contributed by atoms with Crippen molar-refractivity contribution in [2.45, 2.75) is 37.2 Å². The number of carbonyl (C=O) groups excluding carboxylic acids is 2. The fourth-order valence-corrected chi connectivity index (χ4v) is 5.10. The highest BCUT2D eigenvalue weighted by atomic mass is 32.2. The first-order valence-electron chi connectivity index (χ1n) is 10.4. The van der Waals surface area contributed by atoms with Crippen LogP contribution in [0.5, 0.6) is 11.5 Å². The molecule has 0 saturated carbocycles. The summed E-state index contributed by atoms with van der Waals surface area (Å²) in [6, 6.07) is 10.4. The van der Waals surface area contributed by atoms with Crippen LogP contribution in [0, 0.1) is 0 Å². The molecule has 172 valence electrons. The van der Waals surface area contributed by atoms with Gasteiger partial charge >= 0.3 is 5.97 Å². The summed E-state index contributed by atoms with van der Waals surface area (Å²) >= 11 is 0. The van der Waals surface area contributed by atoms with E-state index < -0.39 is 27.9 Å². The fourth-order valence-electron chi connectivity index (χ4n) is 3.54. The first kappa shape index (κ1) is 23.7. The lowest BCUT2D eigenvalue weighted by Gasteiger charge is -2.26. The van der Waals surface area contributed by atoms with Crippen LogP contribution in [0.15, 0.2) is 47.4 Å². The van der Waals surface area contributed by atoms with E-state index in [4.69, 9.17) is 14.2 Å². The molecule has 8 nitrogen and oxygen atoms in total. The van der Waals surface area contributed by atoms with Crippen LogP contribution in [0.2, 0.25) is 0 Å². The van der Waals surface area contributed by atoms with Crippen LogP contribution in [-0.4, -0.2) is 57.9 Å². The van der Waals surface area contributed by atoms with Gasteiger partial charge in [-0.3, -0.25) is 4.79 Å². The van der Waals surface area contributed by atoms with Gasteiger partial charge in [0.2, 0.25) is 15.8 Å². The molecule has 2 aromatic carbocycles. The molecule has 9 heteroatoms. The molecule has 3 rings (SSSR count). The molecule has 0 bridgehead atoms. The Morgan fingerprint density at radius 2 is 1.69 bits per heavy atom. The zero-order valence-corrected chi connectivity index (χ0v) is 19.2. The topological polar surface area (TPSA) is 99.2 Å². The Morgan fingerprint density at radius 3 is 2.34 bits per heavy atom. The zero-order chi connectivity index (χ0) is 23.3. The Labute approximate surface area is 188 Å². The van der Waals surface area contributed by atoms with Crippen molar-refractivity contribution >= 4 is 21.8 Å². The van der Waals surface area contributed by atoms with E-state index in [1.807, 2.05) is 0 Å². The first-order chi connectivity index (χ1) is 15.3. The average molecular weight is 462 g/mol. The van der Waals surface area contributed by atoms with Gasteiger partial charge in [0.1, 0.15) is 11.5 Å². The number of esters is 1. The Morgan fingerprint density at radius 1 is 0.969 bits per heavy atom. The van der Waals surface area contributed by atoms with Crippen molar-refractivity contribution < 1.29 is 32.2 Å². The van der Waals surface area contributed by atoms with Crippen molar-refractivity contribution in [2.24, 2.45) is 0 Å². The van der Waals surface area contributed by atoms with Crippen LogP contribution in [0.1, 0.15) is 46.9 Å². The Balaban J connectivity index is 1.76. The molecule has 0 radical (unpaired) electrons. The Bertz CT molecular complexity index is 1090. The number of sulfonamides is 1. The third-order valence-corrected chi connectivity index (χ3v) is 7.24. The van der Waals surface area contributed by atoms with E-state index in [0.29, 0.717) is 24.6 Å². The highest BCUT2D eigenvalue weighted by Gasteiger charge is 2.28. The number of carbonyl (C=O) groups is 2. The lowest BCUT2D eigenvalue weighted by atomic mass is 10.1. The van der Waals surface area contributed by atoms with Gasteiger partial charge in [-0.25, -0.2) is 13.2 Å². The molecule has 0 aliphatic carbocycles. The largest absolute Gasteiger partial charge is 0.497 e. The maximum absolute atomic E-state index is 12.9. The van der Waals surface area contributed by atoms with E-state index in [0.717, 1.165) is 19.3 Å². The van der Waals surface area contributed by atoms with Gasteiger partial charge in [-0.2, -0.15) is 4.31 Å². The van der Waals surface area contributed by atoms with E-state index in [1.54, 1.807) is 12.1 Å². The molecule has 0 amide bonds. The highest BCUT2D eigenvalue weighted by molar-refractivity contribution is 7.89. The summed E-state index contributed by atoms with van der Waals surface area (Å²) in [7, 11) is -0.764. The Hall–Kier alpha value is -2.91. The second-order valence-corrected chi connectivity index (χ2v) is 9.41. The molecule has 0 spiro atoms. The molecule has 32 heavy (non-hydrogen) atoms. The van der Waals surface area contributed by atoms with E-state index in [9.17, 15) is 18.0 Å². The smallest absolute Gasteiger partial charge is 0.338 e. The van der Waals surface area contributed by atoms with Gasteiger partial charge in [0.05, 0.1) is 30.2 Å². The molecule has 1 saturated heterocycles. The van der Waals surface area contributed by atoms with Crippen molar-refractivity contribution in [2.75, 3.05) is 27.3 Å². The summed E-state index contributed by atoms with van der Waals surface area (Å²) in [4.78, 5) is 25.5. The molecule has 0 N–H and O–H groups in total. The minimum absolute atomic E-state index is 0.0321. The maximum atomic E-state index is 12.9. The number of piperidine rings is 1. The van der Waals surface area contributed by atoms with Crippen molar-refractivity contribution in [1.82, 2.24) is 4.31 Å². The number of rotatable bonds is 8. The number of nitrogens with zero attached hydrogens (tertiary/aromatic N) is 1. The first-order valence-corrected chi connectivity index (χ1v) is 11.8. The standard InChI is InChI=1S/C23H27NO7S/c1-16(22(25)20-11-10-18(29-2)15-21(20)30-3)31-23(26)17-8-7-9-19(14-17)32(27,28)24-12-5-4-6-13-24/h7-11,14-16H,4-6,12-13H2,1-3H3/t16-/m1/s1. The monoisotopic (exact) mass is 461 g/mol. The van der Waals surface area contributed by atoms with Gasteiger partial charge in [-0.05, 0) is 50.1 Å². The van der Waals surface area contributed by atoms with Crippen LogP contribution in [-0.2, 0) is 14.8 Å². The molecular weight excluding hydrogens is 434 g/mol. The second kappa shape index (κ2) is 10.1. The predicted octanol–water partition coefficient (Wildman–Crippen LogP) is 3.31. The minimum Gasteiger partial charge on any atom is -0.497 e. The minimum atomic E-state index is -3.69. The summed E-state index contributed by atoms with van der Waals surface area (Å²) in [5.74, 6) is -0.411. The van der Waals surface area contributed by atoms with Gasteiger partial charge in [0, 0.05) is 19.2 Å². The molecule has 1 aliphatic heterocycles. The van der Waals surface area contributed by atoms with E-state index >= 15 is 0 Å². The quantitative estimate of drug-likeness (QED) is 0.439. The average Bonchev–Trinajstić information content (AvgIpc) is 2.83. The molecule has 1 heterocycles. The van der Waals surface area contributed by atoms with Gasteiger partial charge in [0.15, 0.2) is 6.10 Å². The van der Waals surface area contributed by atoms with Gasteiger partial charge in [-0.1, -0.05) is 12.5 Å². The third-order valence-electron chi connectivity index (χ3n) is 5.35. The highest BCUT2D eigenvalue weighted by Crippen LogP contribution is 2.27. The predicted molar refractivity (Wildman–Crippen MR) is 118 cm³/mol. The van der Waals surface area contributed by atoms with E-state index in [1.165, 1.54) is 55.8 Å². The number of methoxy groups -OCH3 is 2. The molecule has 0 unspecified atom stereocenters. The molecule has 1 fully saturated rings. The molecule has 0 aromatic heterocycles. The van der Waals surface area contributed by atoms with Crippen LogP contribution < -0.4 is 9.47 Å². The molecule has 1 aliphatic rings. The zero-order valence-electron chi connectivity index (χ0n) is 18.4. The fraction of sp³-hybridized carbons (Fsp3) is 0.391. The number of benzene rings is 2. The van der Waals surface area contributed by atoms with Gasteiger partial charge in [0.25, 0.3) is 0 Å². The summed E-state index contributed by atoms with van der Waals surface area (Å²) in [5.41, 5.74) is 0.305. The second-order valence-electron chi connectivity index (χ2n) is 7.47. The third kappa shape index (κ3) is 5.11. The van der Waals surface area contributed by atoms with Crippen LogP contribution in [0.4, 0.5) is 0 Å². The number of ketones is 1. The van der Waals surface area contributed by atoms with Crippen LogP contribution in [0.25, 0.3) is 0 Å². The van der Waals surface area contributed by atoms with Crippen molar-refractivity contribution in [1.29, 1.82) is 0 Å². The number of ether oxygens (including phenoxy) is 3. The number of hydrogen-bond donors (Lipinski definition) is 0. The lowest BCUT2D eigenvalue weighted by Crippen LogP contribution is -2.35. The Kier molecular flexibility index (Phi) is 7.52. The van der Waals surface area contributed by atoms with E-state index in [-0.39, 0.29) is 16.0 Å². The van der Waals surface area contributed by atoms with Crippen molar-refractivity contribution in [3.8, 4) is 11.5 Å². The normalized spacial score (nSPS) is 15.6. The maximum Gasteiger partial charge on any atom is 0.338 e. The van der Waals surface area contributed by atoms with E-state index in [2.05, 4.69) is 0 Å². The summed E-state index contributed by atoms with van der Waals surface area (Å²) < 4.78 is 42.9. The van der Waals surface area contributed by atoms with Gasteiger partial charge in [-0.15, -0.1) is 0 Å². The van der Waals surface area contributed by atoms with Crippen LogP contribution >= 0.6 is 0 Å². The molecule has 1 atom stereocenters. The molecular formula is C23H27NO7S. The summed E-state index contributed by atoms with van der Waals surface area (Å²) in [6.45, 7) is 2.39. The molecule has 2 aromatic rings. The van der Waals surface area contributed by atoms with Crippen LogP contribution in [0.3, 0.4) is 0 Å². The number of hydrogen-bond acceptors (Lipinski definition) is 7. The summed E-state index contributed by atoms with van der Waals surface area (Å²) in [5, 5.41) is 0. The number of Topliss-reactive ketones (excluding diaryl/α,β-unsaturated/α-hetero) is 1.